The van der Waals surface area contributed by atoms with Crippen molar-refractivity contribution in [3.63, 3.8) is 0 Å². The van der Waals surface area contributed by atoms with Crippen LogP contribution < -0.4 is 15.2 Å². The molecule has 2 aromatic carbocycles. The predicted octanol–water partition coefficient (Wildman–Crippen LogP) is 2.97. The number of amides is 1. The van der Waals surface area contributed by atoms with Gasteiger partial charge in [-0.1, -0.05) is 18.2 Å². The Morgan fingerprint density at radius 2 is 1.89 bits per heavy atom. The largest absolute Gasteiger partial charge is 0.494 e. The van der Waals surface area contributed by atoms with Crippen LogP contribution in [0.4, 0.5) is 10.1 Å². The highest BCUT2D eigenvalue weighted by Crippen LogP contribution is 2.33. The van der Waals surface area contributed by atoms with E-state index in [0.717, 1.165) is 22.4 Å². The molecule has 1 atom stereocenters. The second-order valence-corrected chi connectivity index (χ2v) is 6.64. The maximum absolute atomic E-state index is 13.4. The molecule has 1 aliphatic rings. The van der Waals surface area contributed by atoms with E-state index in [1.807, 2.05) is 31.2 Å². The van der Waals surface area contributed by atoms with E-state index < -0.39 is 11.4 Å². The first kappa shape index (κ1) is 17.9. The van der Waals surface area contributed by atoms with Crippen LogP contribution in [0.25, 0.3) is 5.69 Å². The zero-order valence-corrected chi connectivity index (χ0v) is 15.4. The summed E-state index contributed by atoms with van der Waals surface area (Å²) in [4.78, 5) is 27.5. The van der Waals surface area contributed by atoms with E-state index in [4.69, 9.17) is 4.74 Å². The van der Waals surface area contributed by atoms with E-state index in [0.29, 0.717) is 5.69 Å². The number of anilines is 1. The summed E-state index contributed by atoms with van der Waals surface area (Å²) in [6.07, 6.45) is 0.738. The highest BCUT2D eigenvalue weighted by Gasteiger charge is 2.34. The number of rotatable bonds is 3. The number of carbonyl (C=O) groups excluding carboxylic acids is 1. The molecule has 0 fully saturated rings. The summed E-state index contributed by atoms with van der Waals surface area (Å²) in [7, 11) is 1.39. The number of aromatic nitrogens is 2. The lowest BCUT2D eigenvalue weighted by Gasteiger charge is -2.23. The SMILES string of the molecule is COc1cc(=O)n(-c2ccc(F)cc2)nc1C(=O)N1c2ccccc2CC1C. The van der Waals surface area contributed by atoms with Gasteiger partial charge in [-0.15, -0.1) is 0 Å². The molecule has 0 spiro atoms. The Labute approximate surface area is 160 Å². The van der Waals surface area contributed by atoms with Gasteiger partial charge < -0.3 is 9.64 Å². The summed E-state index contributed by atoms with van der Waals surface area (Å²) in [5, 5.41) is 4.26. The molecule has 28 heavy (non-hydrogen) atoms. The number of fused-ring (bicyclic) bond motifs is 1. The van der Waals surface area contributed by atoms with Gasteiger partial charge in [0, 0.05) is 11.7 Å². The van der Waals surface area contributed by atoms with Crippen LogP contribution in [0.2, 0.25) is 0 Å². The number of nitrogens with zero attached hydrogens (tertiary/aromatic N) is 3. The second kappa shape index (κ2) is 6.92. The van der Waals surface area contributed by atoms with Crippen LogP contribution in [-0.4, -0.2) is 28.8 Å². The van der Waals surface area contributed by atoms with Gasteiger partial charge in [-0.2, -0.15) is 9.78 Å². The molecule has 1 aliphatic heterocycles. The van der Waals surface area contributed by atoms with Crippen molar-refractivity contribution in [1.82, 2.24) is 9.78 Å². The maximum Gasteiger partial charge on any atom is 0.282 e. The molecule has 1 unspecified atom stereocenters. The highest BCUT2D eigenvalue weighted by atomic mass is 19.1. The number of benzene rings is 2. The average molecular weight is 379 g/mol. The van der Waals surface area contributed by atoms with E-state index in [2.05, 4.69) is 5.10 Å². The number of hydrogen-bond acceptors (Lipinski definition) is 4. The van der Waals surface area contributed by atoms with Crippen molar-refractivity contribution < 1.29 is 13.9 Å². The van der Waals surface area contributed by atoms with E-state index in [9.17, 15) is 14.0 Å². The molecule has 0 bridgehead atoms. The van der Waals surface area contributed by atoms with Crippen LogP contribution in [0.5, 0.6) is 5.75 Å². The fourth-order valence-electron chi connectivity index (χ4n) is 3.50. The minimum atomic E-state index is -0.477. The number of ether oxygens (including phenoxy) is 1. The van der Waals surface area contributed by atoms with Crippen molar-refractivity contribution >= 4 is 11.6 Å². The molecule has 7 heteroatoms. The average Bonchev–Trinajstić information content (AvgIpc) is 3.03. The highest BCUT2D eigenvalue weighted by molar-refractivity contribution is 6.08. The van der Waals surface area contributed by atoms with Gasteiger partial charge in [-0.05, 0) is 49.2 Å². The number of methoxy groups -OCH3 is 1. The summed E-state index contributed by atoms with van der Waals surface area (Å²) in [5.41, 5.74) is 1.81. The molecule has 0 aliphatic carbocycles. The number of hydrogen-bond donors (Lipinski definition) is 0. The van der Waals surface area contributed by atoms with Gasteiger partial charge in [0.1, 0.15) is 5.82 Å². The Morgan fingerprint density at radius 3 is 2.61 bits per heavy atom. The lowest BCUT2D eigenvalue weighted by molar-refractivity contribution is 0.0971. The molecular formula is C21H18FN3O3. The lowest BCUT2D eigenvalue weighted by atomic mass is 10.1. The fraction of sp³-hybridized carbons (Fsp3) is 0.190. The molecule has 3 aromatic rings. The minimum absolute atomic E-state index is 0.0231. The first-order chi connectivity index (χ1) is 13.5. The van der Waals surface area contributed by atoms with Gasteiger partial charge in [-0.25, -0.2) is 4.39 Å². The molecular weight excluding hydrogens is 361 g/mol. The molecule has 6 nitrogen and oxygen atoms in total. The standard InChI is InChI=1S/C21H18FN3O3/c1-13-11-14-5-3-4-6-17(14)24(13)21(27)20-18(28-2)12-19(26)25(23-20)16-9-7-15(22)8-10-16/h3-10,12-13H,11H2,1-2H3. The van der Waals surface area contributed by atoms with E-state index in [1.165, 1.54) is 37.4 Å². The van der Waals surface area contributed by atoms with Crippen molar-refractivity contribution in [3.8, 4) is 11.4 Å². The molecule has 4 rings (SSSR count). The van der Waals surface area contributed by atoms with E-state index in [1.54, 1.807) is 4.90 Å². The Morgan fingerprint density at radius 1 is 1.18 bits per heavy atom. The minimum Gasteiger partial charge on any atom is -0.494 e. The zero-order valence-electron chi connectivity index (χ0n) is 15.4. The smallest absolute Gasteiger partial charge is 0.282 e. The van der Waals surface area contributed by atoms with Crippen LogP contribution in [0.15, 0.2) is 59.4 Å². The summed E-state index contributed by atoms with van der Waals surface area (Å²) in [6.45, 7) is 1.96. The van der Waals surface area contributed by atoms with Crippen molar-refractivity contribution in [2.45, 2.75) is 19.4 Å². The fourth-order valence-corrected chi connectivity index (χ4v) is 3.50. The number of halogens is 1. The molecule has 1 amide bonds. The van der Waals surface area contributed by atoms with Gasteiger partial charge in [0.15, 0.2) is 11.4 Å². The van der Waals surface area contributed by atoms with Crippen LogP contribution in [0.1, 0.15) is 23.0 Å². The third-order valence-electron chi connectivity index (χ3n) is 4.82. The van der Waals surface area contributed by atoms with Gasteiger partial charge in [0.05, 0.1) is 18.9 Å². The Hall–Kier alpha value is -3.48. The van der Waals surface area contributed by atoms with E-state index in [-0.39, 0.29) is 23.4 Å². The van der Waals surface area contributed by atoms with Crippen LogP contribution >= 0.6 is 0 Å². The quantitative estimate of drug-likeness (QED) is 0.702. The summed E-state index contributed by atoms with van der Waals surface area (Å²) in [5.74, 6) is -0.681. The molecule has 0 saturated carbocycles. The second-order valence-electron chi connectivity index (χ2n) is 6.64. The topological polar surface area (TPSA) is 64.4 Å². The monoisotopic (exact) mass is 379 g/mol. The molecule has 0 N–H and O–H groups in total. The number of para-hydroxylation sites is 1. The summed E-state index contributed by atoms with van der Waals surface area (Å²) >= 11 is 0. The maximum atomic E-state index is 13.4. The van der Waals surface area contributed by atoms with Crippen LogP contribution in [-0.2, 0) is 6.42 Å². The normalized spacial score (nSPS) is 15.4. The van der Waals surface area contributed by atoms with E-state index >= 15 is 0 Å². The third kappa shape index (κ3) is 2.94. The van der Waals surface area contributed by atoms with Crippen molar-refractivity contribution in [1.29, 1.82) is 0 Å². The van der Waals surface area contributed by atoms with Crippen molar-refractivity contribution in [2.24, 2.45) is 0 Å². The van der Waals surface area contributed by atoms with Crippen LogP contribution in [0, 0.1) is 5.82 Å². The zero-order chi connectivity index (χ0) is 19.8. The lowest BCUT2D eigenvalue weighted by Crippen LogP contribution is -2.38. The van der Waals surface area contributed by atoms with Gasteiger partial charge >= 0.3 is 0 Å². The summed E-state index contributed by atoms with van der Waals surface area (Å²) in [6, 6.07) is 14.2. The Kier molecular flexibility index (Phi) is 4.43. The van der Waals surface area contributed by atoms with Gasteiger partial charge in [0.25, 0.3) is 11.5 Å². The first-order valence-corrected chi connectivity index (χ1v) is 8.85. The number of carbonyl (C=O) groups is 1. The van der Waals surface area contributed by atoms with Crippen LogP contribution in [0.3, 0.4) is 0 Å². The van der Waals surface area contributed by atoms with Gasteiger partial charge in [0.2, 0.25) is 0 Å². The first-order valence-electron chi connectivity index (χ1n) is 8.85. The molecule has 2 heterocycles. The molecule has 142 valence electrons. The molecule has 0 saturated heterocycles. The van der Waals surface area contributed by atoms with Crippen molar-refractivity contribution in [3.05, 3.63) is 82.0 Å². The Bertz CT molecular complexity index is 1110. The van der Waals surface area contributed by atoms with Crippen molar-refractivity contribution in [2.75, 3.05) is 12.0 Å². The Balaban J connectivity index is 1.83. The summed E-state index contributed by atoms with van der Waals surface area (Å²) < 4.78 is 19.6. The van der Waals surface area contributed by atoms with Gasteiger partial charge in [-0.3, -0.25) is 9.59 Å². The third-order valence-corrected chi connectivity index (χ3v) is 4.82. The molecule has 0 radical (unpaired) electrons. The predicted molar refractivity (Wildman–Crippen MR) is 103 cm³/mol. The molecule has 1 aromatic heterocycles.